The van der Waals surface area contributed by atoms with E-state index in [4.69, 9.17) is 0 Å². The van der Waals surface area contributed by atoms with Crippen LogP contribution in [0.1, 0.15) is 5.56 Å². The number of rotatable bonds is 3. The fourth-order valence-corrected chi connectivity index (χ4v) is 2.94. The maximum atomic E-state index is 10.6. The third-order valence-electron chi connectivity index (χ3n) is 3.96. The first-order valence-corrected chi connectivity index (χ1v) is 7.00. The molecule has 0 aliphatic rings. The lowest BCUT2D eigenvalue weighted by Gasteiger charge is -2.06. The molecule has 0 atom stereocenters. The van der Waals surface area contributed by atoms with E-state index in [0.29, 0.717) is 12.2 Å². The van der Waals surface area contributed by atoms with Gasteiger partial charge in [0, 0.05) is 0 Å². The number of nitrogens with zero attached hydrogens (tertiary/aromatic N) is 2. The summed E-state index contributed by atoms with van der Waals surface area (Å²) in [6, 6.07) is 14.1. The minimum Gasteiger partial charge on any atom is -1.00 e. The van der Waals surface area contributed by atoms with Gasteiger partial charge in [-0.05, 0) is 30.2 Å². The van der Waals surface area contributed by atoms with Gasteiger partial charge in [-0.2, -0.15) is 0 Å². The first kappa shape index (κ1) is 16.1. The molecule has 0 saturated carbocycles. The summed E-state index contributed by atoms with van der Waals surface area (Å²) in [5.74, 6) is 1.32. The summed E-state index contributed by atoms with van der Waals surface area (Å²) in [4.78, 5) is 0. The van der Waals surface area contributed by atoms with Crippen LogP contribution in [0.5, 0.6) is 5.75 Å². The van der Waals surface area contributed by atoms with Gasteiger partial charge in [0.25, 0.3) is 5.82 Å². The number of hydrogen-bond donors (Lipinski definition) is 1. The third kappa shape index (κ3) is 2.38. The van der Waals surface area contributed by atoms with Crippen molar-refractivity contribution < 1.29 is 22.1 Å². The molecule has 3 rings (SSSR count). The van der Waals surface area contributed by atoms with Gasteiger partial charge < -0.3 is 17.5 Å². The highest BCUT2D eigenvalue weighted by Crippen LogP contribution is 2.32. The van der Waals surface area contributed by atoms with Crippen LogP contribution in [0.4, 0.5) is 0 Å². The van der Waals surface area contributed by atoms with Gasteiger partial charge in [-0.15, -0.1) is 6.58 Å². The lowest BCUT2D eigenvalue weighted by atomic mass is 10.1. The number of halogens is 1. The van der Waals surface area contributed by atoms with Crippen LogP contribution in [0.15, 0.2) is 55.1 Å². The van der Waals surface area contributed by atoms with Crippen molar-refractivity contribution in [1.82, 2.24) is 4.57 Å². The molecule has 0 aliphatic heterocycles. The Kier molecular flexibility index (Phi) is 4.57. The molecular formula is C18H19ClN2O. The molecule has 4 heteroatoms. The first-order valence-electron chi connectivity index (χ1n) is 7.00. The summed E-state index contributed by atoms with van der Waals surface area (Å²) in [5, 5.41) is 10.6. The first-order chi connectivity index (χ1) is 10.1. The average Bonchev–Trinajstić information content (AvgIpc) is 2.75. The van der Waals surface area contributed by atoms with Crippen molar-refractivity contribution in [3.8, 4) is 17.1 Å². The van der Waals surface area contributed by atoms with Gasteiger partial charge in [-0.3, -0.25) is 0 Å². The molecule has 0 spiro atoms. The Morgan fingerprint density at radius 1 is 1.18 bits per heavy atom. The summed E-state index contributed by atoms with van der Waals surface area (Å²) < 4.78 is 4.23. The number of imidazole rings is 1. The normalized spacial score (nSPS) is 10.5. The maximum Gasteiger partial charge on any atom is 0.293 e. The number of para-hydroxylation sites is 3. The summed E-state index contributed by atoms with van der Waals surface area (Å²) in [7, 11) is 4.05. The van der Waals surface area contributed by atoms with Crippen molar-refractivity contribution in [2.24, 2.45) is 14.1 Å². The fraction of sp³-hybridized carbons (Fsp3) is 0.167. The highest BCUT2D eigenvalue weighted by Gasteiger charge is 2.24. The molecule has 22 heavy (non-hydrogen) atoms. The molecule has 0 radical (unpaired) electrons. The number of aromatic nitrogens is 2. The number of allylic oxidation sites excluding steroid dienone is 1. The van der Waals surface area contributed by atoms with Gasteiger partial charge in [-0.1, -0.05) is 30.3 Å². The van der Waals surface area contributed by atoms with Crippen LogP contribution in [0, 0.1) is 0 Å². The lowest BCUT2D eigenvalue weighted by molar-refractivity contribution is -0.634. The number of hydrogen-bond acceptors (Lipinski definition) is 1. The van der Waals surface area contributed by atoms with Crippen LogP contribution in [0.2, 0.25) is 0 Å². The summed E-state index contributed by atoms with van der Waals surface area (Å²) in [6.07, 6.45) is 2.47. The zero-order valence-corrected chi connectivity index (χ0v) is 13.5. The summed E-state index contributed by atoms with van der Waals surface area (Å²) in [6.45, 7) is 3.75. The molecule has 0 saturated heterocycles. The Hall–Kier alpha value is -2.26. The Morgan fingerprint density at radius 2 is 1.91 bits per heavy atom. The minimum atomic E-state index is 0. The second-order valence-corrected chi connectivity index (χ2v) is 5.24. The van der Waals surface area contributed by atoms with E-state index in [1.165, 1.54) is 0 Å². The monoisotopic (exact) mass is 314 g/mol. The van der Waals surface area contributed by atoms with E-state index in [1.54, 1.807) is 6.08 Å². The zero-order valence-electron chi connectivity index (χ0n) is 12.8. The van der Waals surface area contributed by atoms with Gasteiger partial charge in [0.2, 0.25) is 0 Å². The average molecular weight is 315 g/mol. The van der Waals surface area contributed by atoms with Crippen LogP contribution >= 0.6 is 0 Å². The third-order valence-corrected chi connectivity index (χ3v) is 3.96. The molecular weight excluding hydrogens is 296 g/mol. The number of aromatic hydroxyl groups is 1. The van der Waals surface area contributed by atoms with Crippen molar-refractivity contribution in [3.05, 3.63) is 60.7 Å². The van der Waals surface area contributed by atoms with Gasteiger partial charge >= 0.3 is 0 Å². The Bertz CT molecular complexity index is 797. The van der Waals surface area contributed by atoms with Crippen molar-refractivity contribution in [2.75, 3.05) is 0 Å². The van der Waals surface area contributed by atoms with Gasteiger partial charge in [-0.25, -0.2) is 9.13 Å². The van der Waals surface area contributed by atoms with E-state index in [2.05, 4.69) is 27.8 Å². The molecule has 0 fully saturated rings. The standard InChI is InChI=1S/C18H18N2O.ClH/c1-4-8-13-9-7-10-14(17(13)21)18-19(2)15-11-5-6-12-16(15)20(18)3;/h4-7,9-12H,1,8H2,2-3H3;1H. The van der Waals surface area contributed by atoms with Crippen molar-refractivity contribution >= 4 is 11.0 Å². The fourth-order valence-electron chi connectivity index (χ4n) is 2.94. The molecule has 0 bridgehead atoms. The summed E-state index contributed by atoms with van der Waals surface area (Å²) >= 11 is 0. The van der Waals surface area contributed by atoms with Crippen LogP contribution in [-0.4, -0.2) is 9.67 Å². The predicted octanol–water partition coefficient (Wildman–Crippen LogP) is 0.108. The number of phenols is 1. The van der Waals surface area contributed by atoms with E-state index in [-0.39, 0.29) is 12.4 Å². The number of fused-ring (bicyclic) bond motifs is 1. The minimum absolute atomic E-state index is 0. The van der Waals surface area contributed by atoms with E-state index in [9.17, 15) is 5.11 Å². The van der Waals surface area contributed by atoms with Gasteiger partial charge in [0.15, 0.2) is 11.0 Å². The molecule has 0 unspecified atom stereocenters. The zero-order chi connectivity index (χ0) is 15.0. The SMILES string of the molecule is C=CCc1cccc(-c2n(C)c3ccccc3[n+]2C)c1O.[Cl-]. The van der Waals surface area contributed by atoms with E-state index in [1.807, 2.05) is 44.4 Å². The highest BCUT2D eigenvalue weighted by atomic mass is 35.5. The largest absolute Gasteiger partial charge is 1.00 e. The van der Waals surface area contributed by atoms with Crippen LogP contribution in [0.3, 0.4) is 0 Å². The Balaban J connectivity index is 0.00000176. The predicted molar refractivity (Wildman–Crippen MR) is 85.1 cm³/mol. The molecule has 1 heterocycles. The number of aryl methyl sites for hydroxylation is 2. The Morgan fingerprint density at radius 3 is 2.59 bits per heavy atom. The molecule has 2 aromatic carbocycles. The molecule has 3 nitrogen and oxygen atoms in total. The van der Waals surface area contributed by atoms with Gasteiger partial charge in [0.1, 0.15) is 11.3 Å². The molecule has 1 N–H and O–H groups in total. The highest BCUT2D eigenvalue weighted by molar-refractivity contribution is 5.77. The molecule has 0 aliphatic carbocycles. The smallest absolute Gasteiger partial charge is 0.293 e. The maximum absolute atomic E-state index is 10.6. The van der Waals surface area contributed by atoms with Crippen LogP contribution in [0.25, 0.3) is 22.4 Å². The second-order valence-electron chi connectivity index (χ2n) is 5.24. The topological polar surface area (TPSA) is 29.0 Å². The molecule has 3 aromatic rings. The molecule has 114 valence electrons. The Labute approximate surface area is 136 Å². The number of phenolic OH excluding ortho intramolecular Hbond substituents is 1. The van der Waals surface area contributed by atoms with E-state index < -0.39 is 0 Å². The molecule has 1 aromatic heterocycles. The van der Waals surface area contributed by atoms with Crippen LogP contribution < -0.4 is 17.0 Å². The van der Waals surface area contributed by atoms with Crippen molar-refractivity contribution in [2.45, 2.75) is 6.42 Å². The van der Waals surface area contributed by atoms with Crippen molar-refractivity contribution in [3.63, 3.8) is 0 Å². The van der Waals surface area contributed by atoms with Crippen LogP contribution in [-0.2, 0) is 20.5 Å². The number of benzene rings is 2. The lowest BCUT2D eigenvalue weighted by Crippen LogP contribution is -3.00. The van der Waals surface area contributed by atoms with E-state index in [0.717, 1.165) is 28.0 Å². The van der Waals surface area contributed by atoms with E-state index >= 15 is 0 Å². The van der Waals surface area contributed by atoms with Crippen molar-refractivity contribution in [1.29, 1.82) is 0 Å². The summed E-state index contributed by atoms with van der Waals surface area (Å²) in [5.41, 5.74) is 4.02. The molecule has 0 amide bonds. The quantitative estimate of drug-likeness (QED) is 0.539. The van der Waals surface area contributed by atoms with Gasteiger partial charge in [0.05, 0.1) is 14.1 Å². The second kappa shape index (κ2) is 6.24.